The monoisotopic (exact) mass is 638 g/mol. The first kappa shape index (κ1) is 29.0. The molecular weight excluding hydrogens is 604 g/mol. The standard InChI is InChI=1S/C12H17Br2NO4.C12H19NO4/c1-10(2,3)19-9(18)15-6-11(5-12(11,13)14)4-7(15)8(16)17;1-11(2,3)17-10(16)13-7-12(4-5-12)6-8(13)9(14)15/h7H,4-6H2,1-3H3,(H,16,17);8H,4-7H2,1-3H3,(H,14,15)/t7-,11?;8-/m00/s1. The average Bonchev–Trinajstić information content (AvgIpc) is 3.36. The minimum atomic E-state index is -0.981. The van der Waals surface area contributed by atoms with E-state index in [1.807, 2.05) is 0 Å². The summed E-state index contributed by atoms with van der Waals surface area (Å²) in [5, 5.41) is 18.4. The Hall–Kier alpha value is -1.56. The summed E-state index contributed by atoms with van der Waals surface area (Å²) in [6, 6.07) is -1.53. The Morgan fingerprint density at radius 1 is 0.778 bits per heavy atom. The average molecular weight is 640 g/mol. The molecule has 1 unspecified atom stereocenters. The van der Waals surface area contributed by atoms with Gasteiger partial charge in [0.05, 0.1) is 3.23 Å². The molecule has 4 aliphatic rings. The molecule has 2 heterocycles. The molecule has 2 amide bonds. The molecule has 0 aromatic heterocycles. The van der Waals surface area contributed by atoms with Crippen molar-refractivity contribution in [2.24, 2.45) is 10.8 Å². The van der Waals surface area contributed by atoms with E-state index in [0.717, 1.165) is 19.3 Å². The molecule has 2 N–H and O–H groups in total. The fraction of sp³-hybridized carbons (Fsp3) is 0.833. The van der Waals surface area contributed by atoms with E-state index < -0.39 is 47.4 Å². The maximum Gasteiger partial charge on any atom is 0.411 e. The Labute approximate surface area is 228 Å². The van der Waals surface area contributed by atoms with Crippen LogP contribution in [0.3, 0.4) is 0 Å². The maximum absolute atomic E-state index is 12.1. The van der Waals surface area contributed by atoms with Crippen LogP contribution in [-0.4, -0.2) is 83.7 Å². The van der Waals surface area contributed by atoms with Gasteiger partial charge >= 0.3 is 24.1 Å². The van der Waals surface area contributed by atoms with Crippen LogP contribution >= 0.6 is 31.9 Å². The summed E-state index contributed by atoms with van der Waals surface area (Å²) >= 11 is 7.06. The van der Waals surface area contributed by atoms with Crippen LogP contribution in [0.15, 0.2) is 0 Å². The molecule has 2 saturated carbocycles. The van der Waals surface area contributed by atoms with Crippen molar-refractivity contribution in [1.29, 1.82) is 0 Å². The highest BCUT2D eigenvalue weighted by molar-refractivity contribution is 9.25. The number of alkyl halides is 2. The third-order valence-electron chi connectivity index (χ3n) is 6.94. The molecule has 3 atom stereocenters. The number of carbonyl (C=O) groups excluding carboxylic acids is 2. The summed E-state index contributed by atoms with van der Waals surface area (Å²) < 4.78 is 10.3. The van der Waals surface area contributed by atoms with Gasteiger partial charge in [-0.3, -0.25) is 9.80 Å². The van der Waals surface area contributed by atoms with Crippen LogP contribution in [0.25, 0.3) is 0 Å². The molecule has 4 fully saturated rings. The van der Waals surface area contributed by atoms with Crippen molar-refractivity contribution in [2.75, 3.05) is 13.1 Å². The van der Waals surface area contributed by atoms with E-state index in [1.165, 1.54) is 9.80 Å². The normalized spacial score (nSPS) is 29.4. The van der Waals surface area contributed by atoms with Crippen molar-refractivity contribution in [1.82, 2.24) is 9.80 Å². The highest BCUT2D eigenvalue weighted by Gasteiger charge is 2.70. The summed E-state index contributed by atoms with van der Waals surface area (Å²) in [6.07, 6.45) is 2.81. The summed E-state index contributed by atoms with van der Waals surface area (Å²) in [5.74, 6) is -1.91. The number of aliphatic carboxylic acids is 2. The highest BCUT2D eigenvalue weighted by atomic mass is 79.9. The molecule has 0 aromatic rings. The summed E-state index contributed by atoms with van der Waals surface area (Å²) in [7, 11) is 0. The molecule has 12 heteroatoms. The van der Waals surface area contributed by atoms with Gasteiger partial charge in [0, 0.05) is 18.5 Å². The van der Waals surface area contributed by atoms with Crippen molar-refractivity contribution < 1.29 is 38.9 Å². The highest BCUT2D eigenvalue weighted by Crippen LogP contribution is 2.71. The van der Waals surface area contributed by atoms with Gasteiger partial charge in [-0.25, -0.2) is 19.2 Å². The van der Waals surface area contributed by atoms with Gasteiger partial charge in [-0.15, -0.1) is 0 Å². The quantitative estimate of drug-likeness (QED) is 0.411. The van der Waals surface area contributed by atoms with Gasteiger partial charge in [0.2, 0.25) is 0 Å². The molecule has 36 heavy (non-hydrogen) atoms. The van der Waals surface area contributed by atoms with E-state index in [1.54, 1.807) is 41.5 Å². The Balaban J connectivity index is 0.000000202. The Kier molecular flexibility index (Phi) is 7.51. The van der Waals surface area contributed by atoms with Gasteiger partial charge in [-0.05, 0) is 79.1 Å². The van der Waals surface area contributed by atoms with Gasteiger partial charge in [0.15, 0.2) is 0 Å². The van der Waals surface area contributed by atoms with Crippen molar-refractivity contribution >= 4 is 56.0 Å². The predicted molar refractivity (Wildman–Crippen MR) is 137 cm³/mol. The Bertz CT molecular complexity index is 937. The number of carboxylic acid groups (broad SMARTS) is 2. The van der Waals surface area contributed by atoms with Crippen LogP contribution in [0.2, 0.25) is 0 Å². The second-order valence-corrected chi connectivity index (χ2v) is 16.3. The third kappa shape index (κ3) is 6.46. The van der Waals surface area contributed by atoms with Crippen molar-refractivity contribution in [3.05, 3.63) is 0 Å². The second-order valence-electron chi connectivity index (χ2n) is 12.5. The molecule has 0 bridgehead atoms. The smallest absolute Gasteiger partial charge is 0.411 e. The van der Waals surface area contributed by atoms with E-state index in [9.17, 15) is 24.3 Å². The van der Waals surface area contributed by atoms with E-state index in [-0.39, 0.29) is 14.1 Å². The molecule has 2 saturated heterocycles. The zero-order valence-corrected chi connectivity index (χ0v) is 24.8. The number of hydrogen-bond donors (Lipinski definition) is 2. The fourth-order valence-electron chi connectivity index (χ4n) is 4.82. The number of carboxylic acids is 2. The number of halogens is 2. The number of carbonyl (C=O) groups is 4. The fourth-order valence-corrected chi connectivity index (χ4v) is 6.46. The molecule has 204 valence electrons. The topological polar surface area (TPSA) is 134 Å². The van der Waals surface area contributed by atoms with E-state index in [2.05, 4.69) is 31.9 Å². The van der Waals surface area contributed by atoms with Crippen molar-refractivity contribution in [3.8, 4) is 0 Å². The van der Waals surface area contributed by atoms with Crippen molar-refractivity contribution in [2.45, 2.75) is 100 Å². The minimum absolute atomic E-state index is 0.0694. The number of nitrogens with zero attached hydrogens (tertiary/aromatic N) is 2. The maximum atomic E-state index is 12.1. The van der Waals surface area contributed by atoms with Crippen LogP contribution in [0.1, 0.15) is 73.6 Å². The van der Waals surface area contributed by atoms with Crippen LogP contribution in [0, 0.1) is 10.8 Å². The number of hydrogen-bond acceptors (Lipinski definition) is 6. The van der Waals surface area contributed by atoms with Gasteiger partial charge in [0.25, 0.3) is 0 Å². The largest absolute Gasteiger partial charge is 0.480 e. The van der Waals surface area contributed by atoms with Crippen molar-refractivity contribution in [3.63, 3.8) is 0 Å². The van der Waals surface area contributed by atoms with Gasteiger partial charge in [0.1, 0.15) is 23.3 Å². The minimum Gasteiger partial charge on any atom is -0.480 e. The SMILES string of the molecule is CC(C)(C)OC(=O)N1CC2(CC2)C[C@H]1C(=O)O.CC(C)(C)OC(=O)N1CC2(C[C@H]1C(=O)O)CC2(Br)Br. The lowest BCUT2D eigenvalue weighted by Gasteiger charge is -2.26. The lowest BCUT2D eigenvalue weighted by atomic mass is 10.0. The zero-order valence-electron chi connectivity index (χ0n) is 21.6. The first-order chi connectivity index (χ1) is 16.2. The molecule has 2 spiro atoms. The molecular formula is C24H36Br2N2O8. The molecule has 4 rings (SSSR count). The van der Waals surface area contributed by atoms with Crippen LogP contribution in [-0.2, 0) is 19.1 Å². The lowest BCUT2D eigenvalue weighted by molar-refractivity contribution is -0.142. The second kappa shape index (κ2) is 9.32. The third-order valence-corrected chi connectivity index (χ3v) is 9.18. The number of rotatable bonds is 2. The van der Waals surface area contributed by atoms with Crippen LogP contribution in [0.4, 0.5) is 9.59 Å². The van der Waals surface area contributed by atoms with E-state index in [0.29, 0.717) is 25.9 Å². The predicted octanol–water partition coefficient (Wildman–Crippen LogP) is 4.82. The van der Waals surface area contributed by atoms with E-state index >= 15 is 0 Å². The molecule has 2 aliphatic heterocycles. The van der Waals surface area contributed by atoms with Gasteiger partial charge in [-0.2, -0.15) is 0 Å². The first-order valence-corrected chi connectivity index (χ1v) is 13.6. The first-order valence-electron chi connectivity index (χ1n) is 12.0. The number of likely N-dealkylation sites (tertiary alicyclic amines) is 2. The van der Waals surface area contributed by atoms with Crippen LogP contribution < -0.4 is 0 Å². The summed E-state index contributed by atoms with van der Waals surface area (Å²) in [6.45, 7) is 11.6. The number of amides is 2. The zero-order chi connectivity index (χ0) is 27.5. The molecule has 0 aromatic carbocycles. The Morgan fingerprint density at radius 3 is 1.50 bits per heavy atom. The lowest BCUT2D eigenvalue weighted by Crippen LogP contribution is -2.43. The Morgan fingerprint density at radius 2 is 1.17 bits per heavy atom. The molecule has 0 radical (unpaired) electrons. The van der Waals surface area contributed by atoms with E-state index in [4.69, 9.17) is 14.6 Å². The van der Waals surface area contributed by atoms with Gasteiger partial charge < -0.3 is 19.7 Å². The molecule has 2 aliphatic carbocycles. The summed E-state index contributed by atoms with van der Waals surface area (Å²) in [4.78, 5) is 49.2. The number of ether oxygens (including phenoxy) is 2. The molecule has 10 nitrogen and oxygen atoms in total. The van der Waals surface area contributed by atoms with Gasteiger partial charge in [-0.1, -0.05) is 31.9 Å². The van der Waals surface area contributed by atoms with Crippen LogP contribution in [0.5, 0.6) is 0 Å². The summed E-state index contributed by atoms with van der Waals surface area (Å²) in [5.41, 5.74) is -1.34.